The van der Waals surface area contributed by atoms with E-state index in [1.54, 1.807) is 0 Å². The normalized spacial score (nSPS) is 13.0. The van der Waals surface area contributed by atoms with Crippen molar-refractivity contribution < 1.29 is 13.6 Å². The van der Waals surface area contributed by atoms with Gasteiger partial charge in [0.25, 0.3) is 10.0 Å². The largest absolute Gasteiger partial charge is 0.410 e. The molecule has 0 unspecified atom stereocenters. The maximum absolute atomic E-state index is 11.7. The van der Waals surface area contributed by atoms with Crippen molar-refractivity contribution in [2.75, 3.05) is 14.1 Å². The van der Waals surface area contributed by atoms with Gasteiger partial charge >= 0.3 is 0 Å². The quantitative estimate of drug-likeness (QED) is 0.382. The van der Waals surface area contributed by atoms with Gasteiger partial charge in [0.2, 0.25) is 0 Å². The Hall–Kier alpha value is -1.40. The second-order valence-electron chi connectivity index (χ2n) is 3.77. The summed E-state index contributed by atoms with van der Waals surface area (Å²) in [6.07, 6.45) is 0.703. The molecule has 0 aliphatic heterocycles. The third kappa shape index (κ3) is 3.54. The Morgan fingerprint density at radius 3 is 2.35 bits per heavy atom. The molecule has 0 saturated heterocycles. The van der Waals surface area contributed by atoms with Crippen molar-refractivity contribution in [1.82, 2.24) is 4.31 Å². The van der Waals surface area contributed by atoms with Crippen LogP contribution in [0.4, 0.5) is 0 Å². The van der Waals surface area contributed by atoms with E-state index in [4.69, 9.17) is 5.21 Å². The highest BCUT2D eigenvalue weighted by Crippen LogP contribution is 2.08. The molecular formula is C11H16N2O3S. The van der Waals surface area contributed by atoms with Crippen LogP contribution < -0.4 is 0 Å². The van der Waals surface area contributed by atoms with Crippen LogP contribution in [0.1, 0.15) is 12.0 Å². The molecule has 5 nitrogen and oxygen atoms in total. The molecule has 0 saturated carbocycles. The van der Waals surface area contributed by atoms with Gasteiger partial charge in [-0.3, -0.25) is 0 Å². The smallest absolute Gasteiger partial charge is 0.259 e. The Balaban J connectivity index is 2.74. The average Bonchev–Trinajstić information content (AvgIpc) is 2.30. The molecule has 0 aliphatic rings. The van der Waals surface area contributed by atoms with E-state index in [-0.39, 0.29) is 11.5 Å². The number of hydrogen-bond acceptors (Lipinski definition) is 4. The van der Waals surface area contributed by atoms with E-state index >= 15 is 0 Å². The molecule has 1 N–H and O–H groups in total. The molecule has 0 amide bonds. The van der Waals surface area contributed by atoms with Gasteiger partial charge < -0.3 is 5.21 Å². The summed E-state index contributed by atoms with van der Waals surface area (Å²) in [5.74, 6) is 0. The van der Waals surface area contributed by atoms with Crippen molar-refractivity contribution >= 4 is 15.1 Å². The number of nitrogens with zero attached hydrogens (tertiary/aromatic N) is 2. The second kappa shape index (κ2) is 5.79. The molecule has 0 fully saturated rings. The summed E-state index contributed by atoms with van der Waals surface area (Å²) in [5, 5.41) is 11.4. The molecule has 17 heavy (non-hydrogen) atoms. The molecule has 0 radical (unpaired) electrons. The maximum Gasteiger partial charge on any atom is 0.259 e. The van der Waals surface area contributed by atoms with Gasteiger partial charge in [-0.15, -0.1) is 0 Å². The summed E-state index contributed by atoms with van der Waals surface area (Å²) < 4.78 is 24.5. The maximum atomic E-state index is 11.7. The highest BCUT2D eigenvalue weighted by atomic mass is 32.2. The SMILES string of the molecule is CN(C)S(=O)(=O)/C(CCc1ccccc1)=N\O. The molecule has 6 heteroatoms. The zero-order valence-corrected chi connectivity index (χ0v) is 10.7. The predicted octanol–water partition coefficient (Wildman–Crippen LogP) is 1.30. The van der Waals surface area contributed by atoms with Crippen molar-refractivity contribution in [2.24, 2.45) is 5.16 Å². The predicted molar refractivity (Wildman–Crippen MR) is 66.6 cm³/mol. The monoisotopic (exact) mass is 256 g/mol. The minimum absolute atomic E-state index is 0.182. The fourth-order valence-corrected chi connectivity index (χ4v) is 2.22. The molecule has 1 aromatic carbocycles. The van der Waals surface area contributed by atoms with Crippen LogP contribution >= 0.6 is 0 Å². The van der Waals surface area contributed by atoms with Crippen molar-refractivity contribution in [1.29, 1.82) is 0 Å². The number of aryl methyl sites for hydroxylation is 1. The first-order valence-corrected chi connectivity index (χ1v) is 6.60. The number of rotatable bonds is 4. The first-order valence-electron chi connectivity index (χ1n) is 5.16. The molecule has 0 bridgehead atoms. The topological polar surface area (TPSA) is 70.0 Å². The fourth-order valence-electron chi connectivity index (χ4n) is 1.34. The summed E-state index contributed by atoms with van der Waals surface area (Å²) in [6.45, 7) is 0. The Kier molecular flexibility index (Phi) is 4.65. The molecule has 0 heterocycles. The molecule has 0 aliphatic carbocycles. The third-order valence-electron chi connectivity index (χ3n) is 2.36. The van der Waals surface area contributed by atoms with E-state index in [0.29, 0.717) is 6.42 Å². The van der Waals surface area contributed by atoms with Crippen LogP contribution in [0, 0.1) is 0 Å². The minimum atomic E-state index is -3.63. The van der Waals surface area contributed by atoms with Crippen LogP contribution in [-0.4, -0.2) is 37.1 Å². The highest BCUT2D eigenvalue weighted by molar-refractivity contribution is 8.04. The Morgan fingerprint density at radius 1 is 1.29 bits per heavy atom. The standard InChI is InChI=1S/C11H16N2O3S/c1-13(2)17(15,16)11(12-14)9-8-10-6-4-3-5-7-10/h3-7,14H,8-9H2,1-2H3/b12-11-. The Morgan fingerprint density at radius 2 is 1.88 bits per heavy atom. The van der Waals surface area contributed by atoms with Gasteiger partial charge in [-0.1, -0.05) is 35.5 Å². The molecule has 94 valence electrons. The highest BCUT2D eigenvalue weighted by Gasteiger charge is 2.22. The van der Waals surface area contributed by atoms with Crippen molar-refractivity contribution in [3.05, 3.63) is 35.9 Å². The summed E-state index contributed by atoms with van der Waals surface area (Å²) in [7, 11) is -0.814. The summed E-state index contributed by atoms with van der Waals surface area (Å²) in [4.78, 5) is 0. The van der Waals surface area contributed by atoms with E-state index in [9.17, 15) is 8.42 Å². The average molecular weight is 256 g/mol. The fraction of sp³-hybridized carbons (Fsp3) is 0.364. The lowest BCUT2D eigenvalue weighted by molar-refractivity contribution is 0.318. The first-order chi connectivity index (χ1) is 7.98. The number of oxime groups is 1. The van der Waals surface area contributed by atoms with Gasteiger partial charge in [0, 0.05) is 20.5 Å². The lowest BCUT2D eigenvalue weighted by Crippen LogP contribution is -2.30. The third-order valence-corrected chi connectivity index (χ3v) is 4.20. The lowest BCUT2D eigenvalue weighted by atomic mass is 10.1. The van der Waals surface area contributed by atoms with E-state index in [2.05, 4.69) is 5.16 Å². The molecular weight excluding hydrogens is 240 g/mol. The zero-order chi connectivity index (χ0) is 12.9. The van der Waals surface area contributed by atoms with E-state index in [0.717, 1.165) is 9.87 Å². The van der Waals surface area contributed by atoms with E-state index in [1.807, 2.05) is 30.3 Å². The van der Waals surface area contributed by atoms with Gasteiger partial charge in [0.15, 0.2) is 5.04 Å². The first kappa shape index (κ1) is 13.7. The van der Waals surface area contributed by atoms with Crippen LogP contribution in [0.2, 0.25) is 0 Å². The van der Waals surface area contributed by atoms with Crippen molar-refractivity contribution in [2.45, 2.75) is 12.8 Å². The van der Waals surface area contributed by atoms with E-state index < -0.39 is 10.0 Å². The van der Waals surface area contributed by atoms with Crippen LogP contribution in [0.5, 0.6) is 0 Å². The van der Waals surface area contributed by atoms with Crippen molar-refractivity contribution in [3.8, 4) is 0 Å². The Bertz CT molecular complexity index is 481. The molecule has 0 aromatic heterocycles. The second-order valence-corrected chi connectivity index (χ2v) is 5.92. The van der Waals surface area contributed by atoms with Crippen LogP contribution in [0.25, 0.3) is 0 Å². The minimum Gasteiger partial charge on any atom is -0.410 e. The van der Waals surface area contributed by atoms with Crippen LogP contribution in [0.15, 0.2) is 35.5 Å². The molecule has 0 atom stereocenters. The van der Waals surface area contributed by atoms with Gasteiger partial charge in [0.1, 0.15) is 0 Å². The number of sulfonamides is 1. The van der Waals surface area contributed by atoms with Gasteiger partial charge in [-0.2, -0.15) is 0 Å². The molecule has 1 aromatic rings. The van der Waals surface area contributed by atoms with Gasteiger partial charge in [-0.05, 0) is 12.0 Å². The van der Waals surface area contributed by atoms with Gasteiger partial charge in [-0.25, -0.2) is 12.7 Å². The number of benzene rings is 1. The Labute approximate surface area is 101 Å². The van der Waals surface area contributed by atoms with Crippen LogP contribution in [-0.2, 0) is 16.4 Å². The summed E-state index contributed by atoms with van der Waals surface area (Å²) >= 11 is 0. The summed E-state index contributed by atoms with van der Waals surface area (Å²) in [6, 6.07) is 9.45. The van der Waals surface area contributed by atoms with Crippen molar-refractivity contribution in [3.63, 3.8) is 0 Å². The lowest BCUT2D eigenvalue weighted by Gasteiger charge is -2.12. The van der Waals surface area contributed by atoms with Gasteiger partial charge in [0.05, 0.1) is 0 Å². The molecule has 0 spiro atoms. The van der Waals surface area contributed by atoms with E-state index in [1.165, 1.54) is 14.1 Å². The van der Waals surface area contributed by atoms with Crippen LogP contribution in [0.3, 0.4) is 0 Å². The zero-order valence-electron chi connectivity index (χ0n) is 9.87. The summed E-state index contributed by atoms with van der Waals surface area (Å²) in [5.41, 5.74) is 1.00. The number of hydrogen-bond donors (Lipinski definition) is 1. The molecule has 1 rings (SSSR count).